The van der Waals surface area contributed by atoms with E-state index < -0.39 is 0 Å². The van der Waals surface area contributed by atoms with Crippen molar-refractivity contribution in [2.75, 3.05) is 0 Å². The lowest BCUT2D eigenvalue weighted by Gasteiger charge is -2.07. The van der Waals surface area contributed by atoms with Gasteiger partial charge in [0.15, 0.2) is 5.82 Å². The van der Waals surface area contributed by atoms with Crippen molar-refractivity contribution in [3.05, 3.63) is 60.3 Å². The first-order valence-corrected chi connectivity index (χ1v) is 6.10. The highest BCUT2D eigenvalue weighted by Crippen LogP contribution is 2.14. The Morgan fingerprint density at radius 1 is 1.25 bits per heavy atom. The molecule has 100 valence electrons. The van der Waals surface area contributed by atoms with Gasteiger partial charge in [-0.15, -0.1) is 0 Å². The monoisotopic (exact) mass is 267 g/mol. The lowest BCUT2D eigenvalue weighted by Crippen LogP contribution is -2.19. The van der Waals surface area contributed by atoms with Crippen LogP contribution in [0.1, 0.15) is 11.4 Å². The minimum Gasteiger partial charge on any atom is -0.409 e. The van der Waals surface area contributed by atoms with Gasteiger partial charge in [0.25, 0.3) is 0 Å². The molecule has 0 bridgehead atoms. The van der Waals surface area contributed by atoms with Crippen molar-refractivity contribution < 1.29 is 5.21 Å². The van der Waals surface area contributed by atoms with E-state index in [1.54, 1.807) is 18.6 Å². The standard InChI is InChI=1S/C14H13N5O/c15-13(18-20)14-17-6-7-19(14)9-10-3-4-12-11(8-10)2-1-5-16-12/h1-8,20H,9H2,(H2,15,18). The smallest absolute Gasteiger partial charge is 0.206 e. The molecule has 0 amide bonds. The number of benzene rings is 1. The van der Waals surface area contributed by atoms with Crippen molar-refractivity contribution in [3.63, 3.8) is 0 Å². The maximum atomic E-state index is 8.74. The van der Waals surface area contributed by atoms with E-state index in [2.05, 4.69) is 21.2 Å². The van der Waals surface area contributed by atoms with E-state index >= 15 is 0 Å². The Morgan fingerprint density at radius 2 is 2.15 bits per heavy atom. The number of amidine groups is 1. The Hall–Kier alpha value is -2.89. The van der Waals surface area contributed by atoms with E-state index in [4.69, 9.17) is 10.9 Å². The average molecular weight is 267 g/mol. The van der Waals surface area contributed by atoms with E-state index in [9.17, 15) is 0 Å². The van der Waals surface area contributed by atoms with E-state index in [0.29, 0.717) is 12.4 Å². The topological polar surface area (TPSA) is 89.3 Å². The molecule has 3 rings (SSSR count). The second kappa shape index (κ2) is 5.00. The summed E-state index contributed by atoms with van der Waals surface area (Å²) in [6.45, 7) is 0.594. The van der Waals surface area contributed by atoms with Gasteiger partial charge in [-0.2, -0.15) is 0 Å². The maximum absolute atomic E-state index is 8.74. The van der Waals surface area contributed by atoms with Crippen molar-refractivity contribution in [3.8, 4) is 0 Å². The second-order valence-corrected chi connectivity index (χ2v) is 4.39. The number of hydrogen-bond acceptors (Lipinski definition) is 4. The fraction of sp³-hybridized carbons (Fsp3) is 0.0714. The molecule has 0 atom stereocenters. The lowest BCUT2D eigenvalue weighted by molar-refractivity contribution is 0.318. The van der Waals surface area contributed by atoms with E-state index in [1.165, 1.54) is 0 Å². The molecule has 1 aromatic carbocycles. The molecule has 0 saturated heterocycles. The molecule has 0 aliphatic heterocycles. The van der Waals surface area contributed by atoms with E-state index in [0.717, 1.165) is 16.5 Å². The summed E-state index contributed by atoms with van der Waals surface area (Å²) < 4.78 is 1.83. The predicted molar refractivity (Wildman–Crippen MR) is 75.6 cm³/mol. The highest BCUT2D eigenvalue weighted by atomic mass is 16.4. The van der Waals surface area contributed by atoms with Crippen LogP contribution in [0.2, 0.25) is 0 Å². The maximum Gasteiger partial charge on any atom is 0.206 e. The zero-order valence-corrected chi connectivity index (χ0v) is 10.6. The van der Waals surface area contributed by atoms with E-state index in [1.807, 2.05) is 28.8 Å². The first kappa shape index (κ1) is 12.2. The third kappa shape index (κ3) is 2.18. The number of imidazole rings is 1. The van der Waals surface area contributed by atoms with Crippen molar-refractivity contribution in [2.24, 2.45) is 10.9 Å². The number of oxime groups is 1. The van der Waals surface area contributed by atoms with Crippen LogP contribution in [0.15, 0.2) is 54.1 Å². The van der Waals surface area contributed by atoms with Crippen LogP contribution in [0.5, 0.6) is 0 Å². The summed E-state index contributed by atoms with van der Waals surface area (Å²) in [7, 11) is 0. The largest absolute Gasteiger partial charge is 0.409 e. The van der Waals surface area contributed by atoms with Crippen LogP contribution >= 0.6 is 0 Å². The van der Waals surface area contributed by atoms with Gasteiger partial charge in [0, 0.05) is 30.5 Å². The quantitative estimate of drug-likeness (QED) is 0.326. The number of hydrogen-bond donors (Lipinski definition) is 2. The average Bonchev–Trinajstić information content (AvgIpc) is 2.94. The summed E-state index contributed by atoms with van der Waals surface area (Å²) in [4.78, 5) is 8.37. The Kier molecular flexibility index (Phi) is 3.04. The first-order valence-electron chi connectivity index (χ1n) is 6.10. The highest BCUT2D eigenvalue weighted by molar-refractivity contribution is 5.93. The fourth-order valence-electron chi connectivity index (χ4n) is 2.13. The summed E-state index contributed by atoms with van der Waals surface area (Å²) in [5, 5.41) is 12.8. The van der Waals surface area contributed by atoms with Crippen LogP contribution in [0.25, 0.3) is 10.9 Å². The van der Waals surface area contributed by atoms with Crippen molar-refractivity contribution in [1.82, 2.24) is 14.5 Å². The summed E-state index contributed by atoms with van der Waals surface area (Å²) >= 11 is 0. The molecule has 6 nitrogen and oxygen atoms in total. The molecule has 2 heterocycles. The van der Waals surface area contributed by atoms with Crippen molar-refractivity contribution >= 4 is 16.7 Å². The van der Waals surface area contributed by atoms with Crippen LogP contribution in [-0.2, 0) is 6.54 Å². The van der Waals surface area contributed by atoms with Gasteiger partial charge >= 0.3 is 0 Å². The minimum atomic E-state index is -0.00236. The van der Waals surface area contributed by atoms with Crippen LogP contribution < -0.4 is 5.73 Å². The Balaban J connectivity index is 1.95. The highest BCUT2D eigenvalue weighted by Gasteiger charge is 2.08. The van der Waals surface area contributed by atoms with Gasteiger partial charge < -0.3 is 15.5 Å². The van der Waals surface area contributed by atoms with Gasteiger partial charge in [-0.05, 0) is 23.8 Å². The van der Waals surface area contributed by atoms with Gasteiger partial charge in [0.05, 0.1) is 5.52 Å². The molecule has 0 fully saturated rings. The number of nitrogens with two attached hydrogens (primary N) is 1. The number of fused-ring (bicyclic) bond motifs is 1. The molecule has 6 heteroatoms. The van der Waals surface area contributed by atoms with E-state index in [-0.39, 0.29) is 5.84 Å². The molecule has 0 radical (unpaired) electrons. The zero-order chi connectivity index (χ0) is 13.9. The molecule has 0 aliphatic carbocycles. The first-order chi connectivity index (χ1) is 9.78. The van der Waals surface area contributed by atoms with Crippen molar-refractivity contribution in [2.45, 2.75) is 6.54 Å². The number of pyridine rings is 1. The molecule has 0 aliphatic rings. The molecule has 3 aromatic rings. The van der Waals surface area contributed by atoms with Crippen LogP contribution in [-0.4, -0.2) is 25.6 Å². The molecule has 2 aromatic heterocycles. The molecule has 0 saturated carbocycles. The van der Waals surface area contributed by atoms with Gasteiger partial charge in [-0.1, -0.05) is 17.3 Å². The summed E-state index contributed by atoms with van der Waals surface area (Å²) in [5.74, 6) is 0.441. The fourth-order valence-corrected chi connectivity index (χ4v) is 2.13. The molecule has 20 heavy (non-hydrogen) atoms. The van der Waals surface area contributed by atoms with Crippen LogP contribution in [0.3, 0.4) is 0 Å². The van der Waals surface area contributed by atoms with Crippen LogP contribution in [0.4, 0.5) is 0 Å². The number of aromatic nitrogens is 3. The molecule has 0 unspecified atom stereocenters. The third-order valence-corrected chi connectivity index (χ3v) is 3.07. The molecule has 3 N–H and O–H groups in total. The van der Waals surface area contributed by atoms with Gasteiger partial charge in [0.2, 0.25) is 5.84 Å². The summed E-state index contributed by atoms with van der Waals surface area (Å²) in [5.41, 5.74) is 7.64. The van der Waals surface area contributed by atoms with Gasteiger partial charge in [-0.3, -0.25) is 4.98 Å². The Morgan fingerprint density at radius 3 is 3.00 bits per heavy atom. The second-order valence-electron chi connectivity index (χ2n) is 4.39. The summed E-state index contributed by atoms with van der Waals surface area (Å²) in [6.07, 6.45) is 5.19. The number of nitrogens with zero attached hydrogens (tertiary/aromatic N) is 4. The lowest BCUT2D eigenvalue weighted by atomic mass is 10.1. The molecular formula is C14H13N5O. The molecule has 0 spiro atoms. The number of rotatable bonds is 3. The van der Waals surface area contributed by atoms with Crippen LogP contribution in [0, 0.1) is 0 Å². The van der Waals surface area contributed by atoms with Gasteiger partial charge in [-0.25, -0.2) is 4.98 Å². The Labute approximate surface area is 115 Å². The zero-order valence-electron chi connectivity index (χ0n) is 10.6. The SMILES string of the molecule is N/C(=N/O)c1nccn1Cc1ccc2ncccc2c1. The predicted octanol–water partition coefficient (Wildman–Crippen LogP) is 1.57. The normalized spacial score (nSPS) is 11.9. The summed E-state index contributed by atoms with van der Waals surface area (Å²) in [6, 6.07) is 9.98. The van der Waals surface area contributed by atoms with Crippen molar-refractivity contribution in [1.29, 1.82) is 0 Å². The third-order valence-electron chi connectivity index (χ3n) is 3.07. The Bertz CT molecular complexity index is 778. The van der Waals surface area contributed by atoms with Gasteiger partial charge in [0.1, 0.15) is 0 Å². The molecular weight excluding hydrogens is 254 g/mol. The minimum absolute atomic E-state index is 0.00236.